The summed E-state index contributed by atoms with van der Waals surface area (Å²) in [5, 5.41) is 0.518. The van der Waals surface area contributed by atoms with Gasteiger partial charge in [-0.3, -0.25) is 19.1 Å². The molecule has 0 saturated carbocycles. The molecule has 0 unspecified atom stereocenters. The Morgan fingerprint density at radius 1 is 1.00 bits per heavy atom. The van der Waals surface area contributed by atoms with Gasteiger partial charge in [-0.15, -0.1) is 0 Å². The fourth-order valence-electron chi connectivity index (χ4n) is 3.69. The number of fused-ring (bicyclic) bond motifs is 1. The SMILES string of the molecule is O=C(Cn1cnc2ccccc2c1=O)N1CCCN(Cc2ccc(F)cc2)CC1. The minimum absolute atomic E-state index is 0.00533. The van der Waals surface area contributed by atoms with E-state index in [-0.39, 0.29) is 23.8 Å². The van der Waals surface area contributed by atoms with Crippen LogP contribution in [0, 0.1) is 5.82 Å². The molecule has 1 saturated heterocycles. The number of halogens is 1. The van der Waals surface area contributed by atoms with Crippen LogP contribution < -0.4 is 5.56 Å². The molecule has 0 bridgehead atoms. The van der Waals surface area contributed by atoms with Gasteiger partial charge < -0.3 is 4.90 Å². The largest absolute Gasteiger partial charge is 0.340 e. The van der Waals surface area contributed by atoms with Crippen molar-refractivity contribution < 1.29 is 9.18 Å². The summed E-state index contributed by atoms with van der Waals surface area (Å²) in [6.45, 7) is 3.61. The van der Waals surface area contributed by atoms with Crippen molar-refractivity contribution in [2.45, 2.75) is 19.5 Å². The minimum atomic E-state index is -0.236. The minimum Gasteiger partial charge on any atom is -0.340 e. The predicted octanol–water partition coefficient (Wildman–Crippen LogP) is 2.27. The number of nitrogens with zero attached hydrogens (tertiary/aromatic N) is 4. The average molecular weight is 394 g/mol. The molecule has 1 aliphatic rings. The Hall–Kier alpha value is -3.06. The van der Waals surface area contributed by atoms with E-state index in [1.54, 1.807) is 30.3 Å². The predicted molar refractivity (Wildman–Crippen MR) is 109 cm³/mol. The monoisotopic (exact) mass is 394 g/mol. The summed E-state index contributed by atoms with van der Waals surface area (Å²) in [6, 6.07) is 13.7. The summed E-state index contributed by atoms with van der Waals surface area (Å²) in [5.74, 6) is -0.312. The number of amides is 1. The second-order valence-electron chi connectivity index (χ2n) is 7.33. The van der Waals surface area contributed by atoms with Crippen molar-refractivity contribution in [3.63, 3.8) is 0 Å². The first-order chi connectivity index (χ1) is 14.1. The van der Waals surface area contributed by atoms with Crippen molar-refractivity contribution in [2.75, 3.05) is 26.2 Å². The second-order valence-corrected chi connectivity index (χ2v) is 7.33. The quantitative estimate of drug-likeness (QED) is 0.681. The van der Waals surface area contributed by atoms with E-state index >= 15 is 0 Å². The fraction of sp³-hybridized carbons (Fsp3) is 0.318. The summed E-state index contributed by atoms with van der Waals surface area (Å²) in [5.41, 5.74) is 1.49. The van der Waals surface area contributed by atoms with Gasteiger partial charge in [0.05, 0.1) is 17.2 Å². The zero-order valence-corrected chi connectivity index (χ0v) is 16.1. The standard InChI is InChI=1S/C22H23FN4O2/c23-18-8-6-17(7-9-18)14-25-10-3-11-26(13-12-25)21(28)15-27-16-24-20-5-2-1-4-19(20)22(27)29/h1-2,4-9,16H,3,10-15H2. The third-order valence-electron chi connectivity index (χ3n) is 5.30. The molecule has 0 atom stereocenters. The molecule has 1 fully saturated rings. The first-order valence-corrected chi connectivity index (χ1v) is 9.79. The van der Waals surface area contributed by atoms with E-state index in [9.17, 15) is 14.0 Å². The summed E-state index contributed by atoms with van der Waals surface area (Å²) in [4.78, 5) is 33.8. The van der Waals surface area contributed by atoms with Gasteiger partial charge in [0.1, 0.15) is 12.4 Å². The Labute approximate surface area is 168 Å². The highest BCUT2D eigenvalue weighted by atomic mass is 19.1. The molecule has 4 rings (SSSR count). The van der Waals surface area contributed by atoms with Crippen LogP contribution in [0.2, 0.25) is 0 Å². The highest BCUT2D eigenvalue weighted by Crippen LogP contribution is 2.11. The van der Waals surface area contributed by atoms with Crippen LogP contribution in [0.3, 0.4) is 0 Å². The lowest BCUT2D eigenvalue weighted by molar-refractivity contribution is -0.131. The molecular formula is C22H23FN4O2. The summed E-state index contributed by atoms with van der Waals surface area (Å²) in [6.07, 6.45) is 2.30. The lowest BCUT2D eigenvalue weighted by Gasteiger charge is -2.22. The molecule has 2 aromatic carbocycles. The van der Waals surface area contributed by atoms with E-state index in [0.717, 1.165) is 31.6 Å². The van der Waals surface area contributed by atoms with Crippen molar-refractivity contribution in [1.82, 2.24) is 19.4 Å². The molecular weight excluding hydrogens is 371 g/mol. The first-order valence-electron chi connectivity index (χ1n) is 9.79. The molecule has 7 heteroatoms. The maximum atomic E-state index is 13.1. The van der Waals surface area contributed by atoms with Crippen LogP contribution in [0.4, 0.5) is 4.39 Å². The van der Waals surface area contributed by atoms with Gasteiger partial charge in [-0.05, 0) is 36.2 Å². The van der Waals surface area contributed by atoms with Gasteiger partial charge in [0.15, 0.2) is 0 Å². The maximum Gasteiger partial charge on any atom is 0.261 e. The van der Waals surface area contributed by atoms with Gasteiger partial charge in [0.2, 0.25) is 5.91 Å². The molecule has 150 valence electrons. The van der Waals surface area contributed by atoms with Crippen LogP contribution in [-0.4, -0.2) is 51.4 Å². The molecule has 0 spiro atoms. The Bertz CT molecular complexity index is 1060. The van der Waals surface area contributed by atoms with Gasteiger partial charge in [0, 0.05) is 32.7 Å². The van der Waals surface area contributed by atoms with Gasteiger partial charge in [-0.2, -0.15) is 0 Å². The molecule has 1 amide bonds. The number of hydrogen-bond acceptors (Lipinski definition) is 4. The fourth-order valence-corrected chi connectivity index (χ4v) is 3.69. The zero-order chi connectivity index (χ0) is 20.2. The summed E-state index contributed by atoms with van der Waals surface area (Å²) in [7, 11) is 0. The Kier molecular flexibility index (Phi) is 5.67. The van der Waals surface area contributed by atoms with Gasteiger partial charge >= 0.3 is 0 Å². The molecule has 1 aromatic heterocycles. The molecule has 0 aliphatic carbocycles. The highest BCUT2D eigenvalue weighted by molar-refractivity contribution is 5.79. The molecule has 29 heavy (non-hydrogen) atoms. The van der Waals surface area contributed by atoms with E-state index in [1.807, 2.05) is 11.0 Å². The highest BCUT2D eigenvalue weighted by Gasteiger charge is 2.20. The molecule has 0 radical (unpaired) electrons. The van der Waals surface area contributed by atoms with Gasteiger partial charge in [0.25, 0.3) is 5.56 Å². The third kappa shape index (κ3) is 4.51. The Morgan fingerprint density at radius 3 is 2.62 bits per heavy atom. The van der Waals surface area contributed by atoms with Crippen LogP contribution in [0.15, 0.2) is 59.7 Å². The smallest absolute Gasteiger partial charge is 0.261 e. The Morgan fingerprint density at radius 2 is 1.79 bits per heavy atom. The van der Waals surface area contributed by atoms with E-state index in [0.29, 0.717) is 24.0 Å². The number of aromatic nitrogens is 2. The summed E-state index contributed by atoms with van der Waals surface area (Å²) >= 11 is 0. The number of hydrogen-bond donors (Lipinski definition) is 0. The van der Waals surface area contributed by atoms with Crippen LogP contribution in [-0.2, 0) is 17.9 Å². The van der Waals surface area contributed by atoms with Crippen molar-refractivity contribution in [2.24, 2.45) is 0 Å². The van der Waals surface area contributed by atoms with Gasteiger partial charge in [-0.25, -0.2) is 9.37 Å². The zero-order valence-electron chi connectivity index (χ0n) is 16.1. The van der Waals surface area contributed by atoms with Crippen molar-refractivity contribution in [3.8, 4) is 0 Å². The lowest BCUT2D eigenvalue weighted by Crippen LogP contribution is -2.39. The Balaban J connectivity index is 1.39. The molecule has 6 nitrogen and oxygen atoms in total. The molecule has 2 heterocycles. The van der Waals surface area contributed by atoms with Crippen molar-refractivity contribution in [1.29, 1.82) is 0 Å². The summed E-state index contributed by atoms with van der Waals surface area (Å²) < 4.78 is 14.5. The van der Waals surface area contributed by atoms with E-state index in [4.69, 9.17) is 0 Å². The van der Waals surface area contributed by atoms with Crippen molar-refractivity contribution in [3.05, 3.63) is 76.6 Å². The van der Waals surface area contributed by atoms with Crippen molar-refractivity contribution >= 4 is 16.8 Å². The number of para-hydroxylation sites is 1. The third-order valence-corrected chi connectivity index (χ3v) is 5.30. The van der Waals surface area contributed by atoms with Gasteiger partial charge in [-0.1, -0.05) is 24.3 Å². The first kappa shape index (κ1) is 19.3. The maximum absolute atomic E-state index is 13.1. The van der Waals surface area contributed by atoms with Crippen LogP contribution in [0.25, 0.3) is 10.9 Å². The molecule has 0 N–H and O–H groups in total. The normalized spacial score (nSPS) is 15.4. The van der Waals surface area contributed by atoms with Crippen LogP contribution in [0.1, 0.15) is 12.0 Å². The molecule has 3 aromatic rings. The number of benzene rings is 2. The van der Waals surface area contributed by atoms with E-state index in [2.05, 4.69) is 9.88 Å². The number of carbonyl (C=O) groups is 1. The molecule has 1 aliphatic heterocycles. The number of carbonyl (C=O) groups excluding carboxylic acids is 1. The second kappa shape index (κ2) is 8.53. The lowest BCUT2D eigenvalue weighted by atomic mass is 10.2. The van der Waals surface area contributed by atoms with Crippen LogP contribution >= 0.6 is 0 Å². The topological polar surface area (TPSA) is 58.4 Å². The van der Waals surface area contributed by atoms with E-state index in [1.165, 1.54) is 23.0 Å². The average Bonchev–Trinajstić information content (AvgIpc) is 2.98. The van der Waals surface area contributed by atoms with Crippen LogP contribution in [0.5, 0.6) is 0 Å². The van der Waals surface area contributed by atoms with E-state index < -0.39 is 0 Å². The number of rotatable bonds is 4.